The van der Waals surface area contributed by atoms with Gasteiger partial charge in [-0.25, -0.2) is 0 Å². The largest absolute Gasteiger partial charge is 0.484 e. The molecule has 1 aromatic carbocycles. The molecular formula is C12H13NO4. The van der Waals surface area contributed by atoms with E-state index in [0.717, 1.165) is 6.29 Å². The third-order valence-electron chi connectivity index (χ3n) is 2.70. The molecule has 2 N–H and O–H groups in total. The molecule has 5 nitrogen and oxygen atoms in total. The van der Waals surface area contributed by atoms with Crippen LogP contribution in [0.5, 0.6) is 5.75 Å². The van der Waals surface area contributed by atoms with Crippen molar-refractivity contribution in [2.45, 2.75) is 12.0 Å². The highest BCUT2D eigenvalue weighted by Gasteiger charge is 2.41. The predicted molar refractivity (Wildman–Crippen MR) is 60.3 cm³/mol. The summed E-state index contributed by atoms with van der Waals surface area (Å²) in [7, 11) is 0. The lowest BCUT2D eigenvalue weighted by molar-refractivity contribution is -0.143. The number of hydrogen-bond acceptors (Lipinski definition) is 4. The van der Waals surface area contributed by atoms with Gasteiger partial charge in [-0.3, -0.25) is 9.59 Å². The molecule has 0 amide bonds. The highest BCUT2D eigenvalue weighted by molar-refractivity contribution is 5.75. The van der Waals surface area contributed by atoms with Gasteiger partial charge in [-0.15, -0.1) is 0 Å². The number of hydrogen-bond donors (Lipinski definition) is 2. The molecule has 90 valence electrons. The smallest absolute Gasteiger partial charge is 0.307 e. The second-order valence-electron chi connectivity index (χ2n) is 4.15. The Bertz CT molecular complexity index is 440. The van der Waals surface area contributed by atoms with Crippen LogP contribution >= 0.6 is 0 Å². The first-order valence-corrected chi connectivity index (χ1v) is 5.30. The summed E-state index contributed by atoms with van der Waals surface area (Å²) >= 11 is 0. The van der Waals surface area contributed by atoms with Crippen LogP contribution < -0.4 is 10.1 Å². The fraction of sp³-hybridized carbons (Fsp3) is 0.333. The monoisotopic (exact) mass is 235 g/mol. The molecule has 0 radical (unpaired) electrons. The summed E-state index contributed by atoms with van der Waals surface area (Å²) in [5, 5.41) is 11.8. The number of benzene rings is 1. The molecule has 2 rings (SSSR count). The first-order valence-electron chi connectivity index (χ1n) is 5.30. The second kappa shape index (κ2) is 4.55. The topological polar surface area (TPSA) is 75.6 Å². The molecule has 0 aliphatic carbocycles. The Morgan fingerprint density at radius 2 is 2.29 bits per heavy atom. The predicted octanol–water partition coefficient (Wildman–Crippen LogP) is 0.695. The second-order valence-corrected chi connectivity index (χ2v) is 4.15. The molecule has 5 heteroatoms. The quantitative estimate of drug-likeness (QED) is 0.734. The fourth-order valence-electron chi connectivity index (χ4n) is 1.81. The van der Waals surface area contributed by atoms with E-state index in [9.17, 15) is 9.59 Å². The highest BCUT2D eigenvalue weighted by Crippen LogP contribution is 2.25. The number of rotatable bonds is 5. The van der Waals surface area contributed by atoms with Crippen LogP contribution in [-0.2, 0) is 4.79 Å². The summed E-state index contributed by atoms with van der Waals surface area (Å²) in [6.07, 6.45) is 0.682. The van der Waals surface area contributed by atoms with Crippen LogP contribution in [0.3, 0.4) is 0 Å². The summed E-state index contributed by atoms with van der Waals surface area (Å²) in [6.45, 7) is 1.01. The van der Waals surface area contributed by atoms with Gasteiger partial charge in [0.25, 0.3) is 0 Å². The number of carbonyl (C=O) groups excluding carboxylic acids is 1. The van der Waals surface area contributed by atoms with Gasteiger partial charge in [0.15, 0.2) is 0 Å². The minimum absolute atomic E-state index is 0.0503. The van der Waals surface area contributed by atoms with Crippen molar-refractivity contribution in [2.75, 3.05) is 13.1 Å². The van der Waals surface area contributed by atoms with E-state index in [1.807, 2.05) is 0 Å². The first kappa shape index (κ1) is 11.6. The lowest BCUT2D eigenvalue weighted by Gasteiger charge is -2.41. The van der Waals surface area contributed by atoms with E-state index in [1.165, 1.54) is 0 Å². The van der Waals surface area contributed by atoms with E-state index in [1.54, 1.807) is 24.3 Å². The number of nitrogens with one attached hydrogen (secondary N) is 1. The maximum absolute atomic E-state index is 10.8. The molecule has 1 aliphatic heterocycles. The van der Waals surface area contributed by atoms with E-state index in [0.29, 0.717) is 24.4 Å². The Morgan fingerprint density at radius 3 is 2.82 bits per heavy atom. The normalized spacial score (nSPS) is 16.9. The Labute approximate surface area is 98.4 Å². The van der Waals surface area contributed by atoms with Gasteiger partial charge in [0.1, 0.15) is 17.6 Å². The zero-order valence-electron chi connectivity index (χ0n) is 9.18. The lowest BCUT2D eigenvalue weighted by atomic mass is 9.92. The number of aldehydes is 1. The van der Waals surface area contributed by atoms with Gasteiger partial charge in [-0.2, -0.15) is 0 Å². The summed E-state index contributed by atoms with van der Waals surface area (Å²) in [6, 6.07) is 6.70. The zero-order chi connectivity index (χ0) is 12.3. The summed E-state index contributed by atoms with van der Waals surface area (Å²) in [5.41, 5.74) is -0.173. The van der Waals surface area contributed by atoms with Crippen LogP contribution in [0.25, 0.3) is 0 Å². The number of carbonyl (C=O) groups is 2. The van der Waals surface area contributed by atoms with Crippen molar-refractivity contribution in [3.63, 3.8) is 0 Å². The Balaban J connectivity index is 2.12. The van der Waals surface area contributed by atoms with E-state index in [2.05, 4.69) is 5.32 Å². The van der Waals surface area contributed by atoms with Crippen molar-refractivity contribution in [1.82, 2.24) is 5.32 Å². The average molecular weight is 235 g/mol. The SMILES string of the molecule is O=Cc1cccc(OC2(CC(=O)O)CNC2)c1. The third-order valence-corrected chi connectivity index (χ3v) is 2.70. The van der Waals surface area contributed by atoms with Crippen molar-refractivity contribution in [2.24, 2.45) is 0 Å². The molecule has 0 saturated carbocycles. The molecular weight excluding hydrogens is 222 g/mol. The van der Waals surface area contributed by atoms with Crippen molar-refractivity contribution < 1.29 is 19.4 Å². The van der Waals surface area contributed by atoms with Gasteiger partial charge in [0.05, 0.1) is 6.42 Å². The first-order chi connectivity index (χ1) is 8.13. The van der Waals surface area contributed by atoms with Crippen LogP contribution in [0, 0.1) is 0 Å². The van der Waals surface area contributed by atoms with E-state index < -0.39 is 11.6 Å². The molecule has 1 saturated heterocycles. The maximum atomic E-state index is 10.8. The van der Waals surface area contributed by atoms with Crippen LogP contribution in [0.15, 0.2) is 24.3 Å². The van der Waals surface area contributed by atoms with Crippen molar-refractivity contribution in [3.8, 4) is 5.75 Å². The molecule has 1 aromatic rings. The van der Waals surface area contributed by atoms with Crippen molar-refractivity contribution in [1.29, 1.82) is 0 Å². The summed E-state index contributed by atoms with van der Waals surface area (Å²) < 4.78 is 5.69. The molecule has 0 unspecified atom stereocenters. The van der Waals surface area contributed by atoms with Crippen LogP contribution in [0.1, 0.15) is 16.8 Å². The van der Waals surface area contributed by atoms with E-state index in [-0.39, 0.29) is 6.42 Å². The molecule has 0 spiro atoms. The maximum Gasteiger partial charge on any atom is 0.307 e. The number of aliphatic carboxylic acids is 1. The van der Waals surface area contributed by atoms with Crippen molar-refractivity contribution in [3.05, 3.63) is 29.8 Å². The average Bonchev–Trinajstić information content (AvgIpc) is 2.26. The number of carboxylic acids is 1. The van der Waals surface area contributed by atoms with Gasteiger partial charge >= 0.3 is 5.97 Å². The lowest BCUT2D eigenvalue weighted by Crippen LogP contribution is -2.64. The molecule has 0 bridgehead atoms. The third kappa shape index (κ3) is 2.62. The Hall–Kier alpha value is -1.88. The van der Waals surface area contributed by atoms with Gasteiger partial charge in [-0.1, -0.05) is 12.1 Å². The van der Waals surface area contributed by atoms with Crippen LogP contribution in [-0.4, -0.2) is 36.1 Å². The molecule has 1 heterocycles. The Kier molecular flexibility index (Phi) is 3.10. The Morgan fingerprint density at radius 1 is 1.53 bits per heavy atom. The minimum atomic E-state index is -0.891. The summed E-state index contributed by atoms with van der Waals surface area (Å²) in [4.78, 5) is 21.4. The number of ether oxygens (including phenoxy) is 1. The minimum Gasteiger partial charge on any atom is -0.484 e. The van der Waals surface area contributed by atoms with E-state index in [4.69, 9.17) is 9.84 Å². The van der Waals surface area contributed by atoms with Crippen LogP contribution in [0.4, 0.5) is 0 Å². The number of carboxylic acid groups (broad SMARTS) is 1. The van der Waals surface area contributed by atoms with E-state index >= 15 is 0 Å². The zero-order valence-corrected chi connectivity index (χ0v) is 9.18. The molecule has 17 heavy (non-hydrogen) atoms. The van der Waals surface area contributed by atoms with Gasteiger partial charge in [0.2, 0.25) is 0 Å². The van der Waals surface area contributed by atoms with Crippen LogP contribution in [0.2, 0.25) is 0 Å². The molecule has 1 fully saturated rings. The summed E-state index contributed by atoms with van der Waals surface area (Å²) in [5.74, 6) is -0.365. The van der Waals surface area contributed by atoms with Crippen molar-refractivity contribution >= 4 is 12.3 Å². The van der Waals surface area contributed by atoms with Gasteiger partial charge in [0, 0.05) is 18.7 Å². The standard InChI is InChI=1S/C12H13NO4/c14-6-9-2-1-3-10(4-9)17-12(5-11(15)16)7-13-8-12/h1-4,6,13H,5,7-8H2,(H,15,16). The van der Waals surface area contributed by atoms with Gasteiger partial charge in [-0.05, 0) is 12.1 Å². The molecule has 1 aliphatic rings. The molecule has 0 atom stereocenters. The fourth-order valence-corrected chi connectivity index (χ4v) is 1.81. The highest BCUT2D eigenvalue weighted by atomic mass is 16.5. The molecule has 0 aromatic heterocycles. The van der Waals surface area contributed by atoms with Gasteiger partial charge < -0.3 is 15.2 Å².